The van der Waals surface area contributed by atoms with Gasteiger partial charge in [0.15, 0.2) is 0 Å². The SMILES string of the molecule is C=CC(=C)COC(=O)On1c(O)ccc1O. The monoisotopic (exact) mass is 225 g/mol. The highest BCUT2D eigenvalue weighted by Crippen LogP contribution is 2.18. The number of nitrogens with zero attached hydrogens (tertiary/aromatic N) is 1. The molecular weight excluding hydrogens is 214 g/mol. The zero-order chi connectivity index (χ0) is 12.1. The molecule has 2 N–H and O–H groups in total. The molecule has 0 aliphatic carbocycles. The van der Waals surface area contributed by atoms with Gasteiger partial charge in [-0.1, -0.05) is 19.2 Å². The number of rotatable bonds is 4. The largest absolute Gasteiger partial charge is 0.534 e. The van der Waals surface area contributed by atoms with Crippen LogP contribution in [0.1, 0.15) is 0 Å². The third-order valence-electron chi connectivity index (χ3n) is 1.63. The van der Waals surface area contributed by atoms with Crippen LogP contribution in [0.15, 0.2) is 36.9 Å². The predicted molar refractivity (Wildman–Crippen MR) is 55.0 cm³/mol. The van der Waals surface area contributed by atoms with Gasteiger partial charge < -0.3 is 14.9 Å². The van der Waals surface area contributed by atoms with Crippen LogP contribution in [0.25, 0.3) is 0 Å². The Bertz CT molecular complexity index is 401. The lowest BCUT2D eigenvalue weighted by Crippen LogP contribution is -2.20. The van der Waals surface area contributed by atoms with E-state index in [1.165, 1.54) is 6.08 Å². The number of carbonyl (C=O) groups excluding carboxylic acids is 1. The van der Waals surface area contributed by atoms with E-state index in [1.807, 2.05) is 0 Å². The summed E-state index contributed by atoms with van der Waals surface area (Å²) in [5.41, 5.74) is 0.498. The molecule has 0 saturated heterocycles. The molecule has 0 aliphatic heterocycles. The Balaban J connectivity index is 2.52. The Morgan fingerprint density at radius 3 is 2.50 bits per heavy atom. The first-order valence-corrected chi connectivity index (χ1v) is 4.29. The molecule has 86 valence electrons. The highest BCUT2D eigenvalue weighted by Gasteiger charge is 2.12. The maximum atomic E-state index is 11.1. The maximum Gasteiger partial charge on any atom is 0.534 e. The second-order valence-electron chi connectivity index (χ2n) is 2.84. The standard InChI is InChI=1S/C10H11NO5/c1-3-7(2)6-15-10(14)16-11-8(12)4-5-9(11)13/h3-5,12-13H,1-2,6H2. The maximum absolute atomic E-state index is 11.1. The van der Waals surface area contributed by atoms with Gasteiger partial charge in [0.2, 0.25) is 11.8 Å². The van der Waals surface area contributed by atoms with E-state index in [-0.39, 0.29) is 6.61 Å². The summed E-state index contributed by atoms with van der Waals surface area (Å²) < 4.78 is 5.13. The average molecular weight is 225 g/mol. The molecule has 0 aliphatic rings. The van der Waals surface area contributed by atoms with Crippen LogP contribution in [-0.4, -0.2) is 27.7 Å². The van der Waals surface area contributed by atoms with Gasteiger partial charge in [-0.2, -0.15) is 0 Å². The average Bonchev–Trinajstić information content (AvgIpc) is 2.57. The van der Waals surface area contributed by atoms with E-state index in [1.54, 1.807) is 0 Å². The van der Waals surface area contributed by atoms with Gasteiger partial charge in [0.25, 0.3) is 0 Å². The molecule has 1 aromatic heterocycles. The number of hydrogen-bond acceptors (Lipinski definition) is 5. The Morgan fingerprint density at radius 1 is 1.44 bits per heavy atom. The Morgan fingerprint density at radius 2 is 2.00 bits per heavy atom. The number of aromatic hydroxyl groups is 2. The minimum atomic E-state index is -1.08. The molecule has 0 amide bonds. The van der Waals surface area contributed by atoms with Crippen LogP contribution >= 0.6 is 0 Å². The van der Waals surface area contributed by atoms with Crippen molar-refractivity contribution in [3.8, 4) is 11.8 Å². The number of hydrogen-bond donors (Lipinski definition) is 2. The Labute approximate surface area is 91.6 Å². The van der Waals surface area contributed by atoms with Gasteiger partial charge in [0.05, 0.1) is 0 Å². The van der Waals surface area contributed by atoms with Gasteiger partial charge in [-0.15, -0.1) is 4.73 Å². The van der Waals surface area contributed by atoms with E-state index >= 15 is 0 Å². The minimum absolute atomic E-state index is 0.0782. The van der Waals surface area contributed by atoms with E-state index in [0.717, 1.165) is 12.1 Å². The van der Waals surface area contributed by atoms with Crippen molar-refractivity contribution in [2.24, 2.45) is 0 Å². The van der Waals surface area contributed by atoms with Gasteiger partial charge >= 0.3 is 6.16 Å². The first-order chi connectivity index (χ1) is 7.54. The van der Waals surface area contributed by atoms with Crippen molar-refractivity contribution in [3.63, 3.8) is 0 Å². The fourth-order valence-corrected chi connectivity index (χ4v) is 0.807. The van der Waals surface area contributed by atoms with E-state index < -0.39 is 17.9 Å². The minimum Gasteiger partial charge on any atom is -0.492 e. The quantitative estimate of drug-likeness (QED) is 0.594. The smallest absolute Gasteiger partial charge is 0.492 e. The van der Waals surface area contributed by atoms with Crippen LogP contribution in [0.3, 0.4) is 0 Å². The summed E-state index contributed by atoms with van der Waals surface area (Å²) in [4.78, 5) is 15.6. The van der Waals surface area contributed by atoms with Gasteiger partial charge in [0.1, 0.15) is 6.61 Å². The van der Waals surface area contributed by atoms with E-state index in [2.05, 4.69) is 22.7 Å². The summed E-state index contributed by atoms with van der Waals surface area (Å²) in [5.74, 6) is -0.839. The Hall–Kier alpha value is -2.37. The molecule has 6 nitrogen and oxygen atoms in total. The molecule has 0 radical (unpaired) electrons. The van der Waals surface area contributed by atoms with Crippen LogP contribution in [0.2, 0.25) is 0 Å². The fourth-order valence-electron chi connectivity index (χ4n) is 0.807. The summed E-state index contributed by atoms with van der Waals surface area (Å²) in [6.07, 6.45) is 0.350. The van der Waals surface area contributed by atoms with Crippen LogP contribution in [0.4, 0.5) is 4.79 Å². The summed E-state index contributed by atoms with van der Waals surface area (Å²) in [7, 11) is 0. The lowest BCUT2D eigenvalue weighted by molar-refractivity contribution is 0.0410. The second kappa shape index (κ2) is 4.92. The van der Waals surface area contributed by atoms with Crippen molar-refractivity contribution in [1.29, 1.82) is 0 Å². The summed E-state index contributed by atoms with van der Waals surface area (Å²) in [5, 5.41) is 18.3. The lowest BCUT2D eigenvalue weighted by Gasteiger charge is -2.07. The van der Waals surface area contributed by atoms with Crippen molar-refractivity contribution < 1.29 is 24.6 Å². The van der Waals surface area contributed by atoms with Crippen molar-refractivity contribution in [2.75, 3.05) is 6.61 Å². The molecule has 0 unspecified atom stereocenters. The zero-order valence-electron chi connectivity index (χ0n) is 8.42. The fraction of sp³-hybridized carbons (Fsp3) is 0.100. The summed E-state index contributed by atoms with van der Waals surface area (Å²) >= 11 is 0. The zero-order valence-corrected chi connectivity index (χ0v) is 8.42. The molecule has 1 aromatic rings. The highest BCUT2D eigenvalue weighted by molar-refractivity contribution is 5.61. The molecule has 1 heterocycles. The van der Waals surface area contributed by atoms with E-state index in [9.17, 15) is 4.79 Å². The van der Waals surface area contributed by atoms with E-state index in [4.69, 9.17) is 10.2 Å². The molecule has 0 saturated carbocycles. The van der Waals surface area contributed by atoms with Crippen molar-refractivity contribution in [2.45, 2.75) is 0 Å². The van der Waals surface area contributed by atoms with Gasteiger partial charge in [-0.05, 0) is 5.57 Å². The topological polar surface area (TPSA) is 80.9 Å². The normalized spacial score (nSPS) is 9.50. The lowest BCUT2D eigenvalue weighted by atomic mass is 10.3. The third kappa shape index (κ3) is 2.81. The highest BCUT2D eigenvalue weighted by atomic mass is 16.8. The molecule has 0 spiro atoms. The molecule has 16 heavy (non-hydrogen) atoms. The van der Waals surface area contributed by atoms with E-state index in [0.29, 0.717) is 10.3 Å². The number of ether oxygens (including phenoxy) is 1. The molecule has 6 heteroatoms. The molecule has 1 rings (SSSR count). The summed E-state index contributed by atoms with van der Waals surface area (Å²) in [6.45, 7) is 6.87. The van der Waals surface area contributed by atoms with Gasteiger partial charge in [-0.25, -0.2) is 4.79 Å². The molecule has 0 fully saturated rings. The van der Waals surface area contributed by atoms with Crippen LogP contribution < -0.4 is 4.84 Å². The van der Waals surface area contributed by atoms with Crippen molar-refractivity contribution in [1.82, 2.24) is 4.73 Å². The van der Waals surface area contributed by atoms with Crippen molar-refractivity contribution in [3.05, 3.63) is 36.9 Å². The Kier molecular flexibility index (Phi) is 3.60. The third-order valence-corrected chi connectivity index (χ3v) is 1.63. The van der Waals surface area contributed by atoms with Crippen LogP contribution in [-0.2, 0) is 4.74 Å². The second-order valence-corrected chi connectivity index (χ2v) is 2.84. The summed E-state index contributed by atoms with van der Waals surface area (Å²) in [6, 6.07) is 2.32. The van der Waals surface area contributed by atoms with Crippen LogP contribution in [0.5, 0.6) is 11.8 Å². The first kappa shape index (κ1) is 11.7. The molecule has 0 atom stereocenters. The first-order valence-electron chi connectivity index (χ1n) is 4.29. The predicted octanol–water partition coefficient (Wildman–Crippen LogP) is 1.21. The number of carbonyl (C=O) groups is 1. The molecule has 0 bridgehead atoms. The molecular formula is C10H11NO5. The van der Waals surface area contributed by atoms with Crippen LogP contribution in [0, 0.1) is 0 Å². The van der Waals surface area contributed by atoms with Gasteiger partial charge in [-0.3, -0.25) is 4.84 Å². The van der Waals surface area contributed by atoms with Crippen molar-refractivity contribution >= 4 is 6.16 Å². The number of aromatic nitrogens is 1. The molecule has 0 aromatic carbocycles. The van der Waals surface area contributed by atoms with Gasteiger partial charge in [0, 0.05) is 12.1 Å².